The lowest BCUT2D eigenvalue weighted by atomic mass is 9.94. The summed E-state index contributed by atoms with van der Waals surface area (Å²) < 4.78 is 2.16. The minimum absolute atomic E-state index is 0.133. The molecule has 2 aromatic rings. The minimum atomic E-state index is -0.133. The van der Waals surface area contributed by atoms with Gasteiger partial charge >= 0.3 is 0 Å². The van der Waals surface area contributed by atoms with Gasteiger partial charge in [0, 0.05) is 23.0 Å². The van der Waals surface area contributed by atoms with Gasteiger partial charge in [0.15, 0.2) is 0 Å². The molecular formula is C13H19N3S. The number of rotatable bonds is 5. The highest BCUT2D eigenvalue weighted by atomic mass is 32.1. The Bertz CT molecular complexity index is 455. The molecule has 0 aliphatic rings. The molecule has 0 fully saturated rings. The van der Waals surface area contributed by atoms with Crippen LogP contribution in [0.4, 0.5) is 0 Å². The maximum absolute atomic E-state index is 6.36. The summed E-state index contributed by atoms with van der Waals surface area (Å²) in [7, 11) is 0. The second kappa shape index (κ2) is 5.02. The second-order valence-electron chi connectivity index (χ2n) is 4.49. The van der Waals surface area contributed by atoms with Crippen molar-refractivity contribution in [3.8, 4) is 11.3 Å². The number of aromatic nitrogens is 2. The number of nitrogens with zero attached hydrogens (tertiary/aromatic N) is 2. The number of hydrogen-bond acceptors (Lipinski definition) is 3. The van der Waals surface area contributed by atoms with Gasteiger partial charge in [-0.15, -0.1) is 0 Å². The quantitative estimate of drug-likeness (QED) is 0.884. The second-order valence-corrected chi connectivity index (χ2v) is 5.27. The molecule has 0 atom stereocenters. The van der Waals surface area contributed by atoms with Crippen molar-refractivity contribution in [1.82, 2.24) is 9.55 Å². The average molecular weight is 249 g/mol. The average Bonchev–Trinajstić information content (AvgIpc) is 2.98. The van der Waals surface area contributed by atoms with E-state index in [1.54, 1.807) is 11.3 Å². The topological polar surface area (TPSA) is 43.8 Å². The van der Waals surface area contributed by atoms with E-state index in [2.05, 4.69) is 40.2 Å². The van der Waals surface area contributed by atoms with Gasteiger partial charge in [0.05, 0.1) is 18.2 Å². The van der Waals surface area contributed by atoms with E-state index < -0.39 is 0 Å². The van der Waals surface area contributed by atoms with Gasteiger partial charge < -0.3 is 10.3 Å². The van der Waals surface area contributed by atoms with E-state index in [4.69, 9.17) is 5.73 Å². The fraction of sp³-hybridized carbons (Fsp3) is 0.462. The molecule has 0 bridgehead atoms. The number of nitrogens with two attached hydrogens (primary N) is 1. The molecule has 3 nitrogen and oxygen atoms in total. The van der Waals surface area contributed by atoms with E-state index >= 15 is 0 Å². The third-order valence-electron chi connectivity index (χ3n) is 3.42. The van der Waals surface area contributed by atoms with Crippen molar-refractivity contribution in [1.29, 1.82) is 0 Å². The van der Waals surface area contributed by atoms with Crippen molar-refractivity contribution in [2.75, 3.05) is 0 Å². The van der Waals surface area contributed by atoms with Gasteiger partial charge in [-0.2, -0.15) is 11.3 Å². The molecule has 0 amide bonds. The largest absolute Gasteiger partial charge is 0.329 e. The van der Waals surface area contributed by atoms with Crippen molar-refractivity contribution >= 4 is 11.3 Å². The SMILES string of the molecule is CCC(N)(CC)Cn1cncc1-c1ccsc1. The maximum Gasteiger partial charge on any atom is 0.0951 e. The molecule has 2 N–H and O–H groups in total. The molecule has 4 heteroatoms. The van der Waals surface area contributed by atoms with Crippen LogP contribution in [0.2, 0.25) is 0 Å². The third-order valence-corrected chi connectivity index (χ3v) is 4.11. The summed E-state index contributed by atoms with van der Waals surface area (Å²) in [6, 6.07) is 2.12. The molecule has 0 radical (unpaired) electrons. The number of hydrogen-bond donors (Lipinski definition) is 1. The Morgan fingerprint density at radius 2 is 2.18 bits per heavy atom. The van der Waals surface area contributed by atoms with Gasteiger partial charge in [-0.25, -0.2) is 4.98 Å². The molecule has 0 saturated carbocycles. The smallest absolute Gasteiger partial charge is 0.0951 e. The highest BCUT2D eigenvalue weighted by molar-refractivity contribution is 7.08. The Morgan fingerprint density at radius 1 is 1.41 bits per heavy atom. The summed E-state index contributed by atoms with van der Waals surface area (Å²) >= 11 is 1.70. The van der Waals surface area contributed by atoms with E-state index in [1.807, 2.05) is 12.5 Å². The van der Waals surface area contributed by atoms with Crippen LogP contribution in [0.5, 0.6) is 0 Å². The predicted octanol–water partition coefficient (Wildman–Crippen LogP) is 3.13. The molecule has 0 saturated heterocycles. The molecule has 0 aromatic carbocycles. The van der Waals surface area contributed by atoms with E-state index in [1.165, 1.54) is 5.56 Å². The van der Waals surface area contributed by atoms with Gasteiger partial charge in [0.25, 0.3) is 0 Å². The number of thiophene rings is 1. The monoisotopic (exact) mass is 249 g/mol. The van der Waals surface area contributed by atoms with Crippen molar-refractivity contribution in [3.05, 3.63) is 29.4 Å². The van der Waals surface area contributed by atoms with E-state index in [-0.39, 0.29) is 5.54 Å². The van der Waals surface area contributed by atoms with Gasteiger partial charge in [-0.05, 0) is 24.3 Å². The molecular weight excluding hydrogens is 230 g/mol. The van der Waals surface area contributed by atoms with Crippen molar-refractivity contribution in [3.63, 3.8) is 0 Å². The van der Waals surface area contributed by atoms with E-state index in [9.17, 15) is 0 Å². The first-order chi connectivity index (χ1) is 8.18. The molecule has 2 rings (SSSR count). The first kappa shape index (κ1) is 12.3. The highest BCUT2D eigenvalue weighted by Crippen LogP contribution is 2.24. The van der Waals surface area contributed by atoms with Crippen molar-refractivity contribution < 1.29 is 0 Å². The summed E-state index contributed by atoms with van der Waals surface area (Å²) in [4.78, 5) is 4.24. The Kier molecular flexibility index (Phi) is 3.64. The van der Waals surface area contributed by atoms with Gasteiger partial charge in [0.1, 0.15) is 0 Å². The first-order valence-electron chi connectivity index (χ1n) is 6.00. The van der Waals surface area contributed by atoms with E-state index in [0.717, 1.165) is 25.1 Å². The summed E-state index contributed by atoms with van der Waals surface area (Å²) in [6.07, 6.45) is 5.74. The Balaban J connectivity index is 2.26. The lowest BCUT2D eigenvalue weighted by Gasteiger charge is -2.27. The van der Waals surface area contributed by atoms with Crippen LogP contribution < -0.4 is 5.73 Å². The third kappa shape index (κ3) is 2.58. The summed E-state index contributed by atoms with van der Waals surface area (Å²) in [5.74, 6) is 0. The Labute approximate surface area is 106 Å². The lowest BCUT2D eigenvalue weighted by Crippen LogP contribution is -2.42. The normalized spacial score (nSPS) is 11.9. The molecule has 2 heterocycles. The summed E-state index contributed by atoms with van der Waals surface area (Å²) in [5.41, 5.74) is 8.61. The fourth-order valence-electron chi connectivity index (χ4n) is 1.91. The minimum Gasteiger partial charge on any atom is -0.329 e. The summed E-state index contributed by atoms with van der Waals surface area (Å²) in [5, 5.41) is 4.23. The lowest BCUT2D eigenvalue weighted by molar-refractivity contribution is 0.340. The van der Waals surface area contributed by atoms with Gasteiger partial charge in [-0.3, -0.25) is 0 Å². The zero-order chi connectivity index (χ0) is 12.3. The maximum atomic E-state index is 6.36. The molecule has 17 heavy (non-hydrogen) atoms. The van der Waals surface area contributed by atoms with Crippen LogP contribution in [0.1, 0.15) is 26.7 Å². The Morgan fingerprint density at radius 3 is 2.76 bits per heavy atom. The molecule has 0 aliphatic heterocycles. The first-order valence-corrected chi connectivity index (χ1v) is 6.94. The van der Waals surface area contributed by atoms with Crippen LogP contribution in [-0.4, -0.2) is 15.1 Å². The van der Waals surface area contributed by atoms with Crippen LogP contribution >= 0.6 is 11.3 Å². The zero-order valence-corrected chi connectivity index (χ0v) is 11.2. The van der Waals surface area contributed by atoms with Gasteiger partial charge in [-0.1, -0.05) is 13.8 Å². The van der Waals surface area contributed by atoms with Gasteiger partial charge in [0.2, 0.25) is 0 Å². The van der Waals surface area contributed by atoms with E-state index in [0.29, 0.717) is 0 Å². The van der Waals surface area contributed by atoms with Crippen molar-refractivity contribution in [2.45, 2.75) is 38.8 Å². The fourth-order valence-corrected chi connectivity index (χ4v) is 2.56. The Hall–Kier alpha value is -1.13. The van der Waals surface area contributed by atoms with Crippen LogP contribution in [0, 0.1) is 0 Å². The predicted molar refractivity (Wildman–Crippen MR) is 73.0 cm³/mol. The molecule has 92 valence electrons. The number of imidazole rings is 1. The standard InChI is InChI=1S/C13H19N3S/c1-3-13(14,4-2)9-16-10-15-7-12(16)11-5-6-17-8-11/h5-8,10H,3-4,9,14H2,1-2H3. The van der Waals surface area contributed by atoms with Crippen LogP contribution in [0.3, 0.4) is 0 Å². The zero-order valence-electron chi connectivity index (χ0n) is 10.4. The molecule has 0 unspecified atom stereocenters. The van der Waals surface area contributed by atoms with Crippen LogP contribution in [0.25, 0.3) is 11.3 Å². The summed E-state index contributed by atoms with van der Waals surface area (Å²) in [6.45, 7) is 5.11. The highest BCUT2D eigenvalue weighted by Gasteiger charge is 2.22. The molecule has 2 aromatic heterocycles. The molecule has 0 aliphatic carbocycles. The van der Waals surface area contributed by atoms with Crippen molar-refractivity contribution in [2.24, 2.45) is 5.73 Å². The van der Waals surface area contributed by atoms with Crippen LogP contribution in [0.15, 0.2) is 29.4 Å². The molecule has 0 spiro atoms. The van der Waals surface area contributed by atoms with Crippen LogP contribution in [-0.2, 0) is 6.54 Å².